The Morgan fingerprint density at radius 2 is 1.69 bits per heavy atom. The van der Waals surface area contributed by atoms with Crippen LogP contribution in [-0.2, 0) is 0 Å². The molecule has 5 heteroatoms. The topological polar surface area (TPSA) is 46.4 Å². The molecule has 2 aromatic carbocycles. The average Bonchev–Trinajstić information content (AvgIpc) is 3.08. The molecule has 0 atom stereocenters. The van der Waals surface area contributed by atoms with E-state index in [1.165, 1.54) is 11.8 Å². The number of para-hydroxylation sites is 1. The van der Waals surface area contributed by atoms with Crippen LogP contribution < -0.4 is 5.32 Å². The number of hydrogen-bond donors (Lipinski definition) is 1. The summed E-state index contributed by atoms with van der Waals surface area (Å²) < 4.78 is 1.93. The number of carbonyl (C=O) groups is 1. The summed E-state index contributed by atoms with van der Waals surface area (Å²) in [5, 5.41) is 3.82. The maximum atomic E-state index is 12.9. The summed E-state index contributed by atoms with van der Waals surface area (Å²) in [5.41, 5.74) is 4.04. The lowest BCUT2D eigenvalue weighted by atomic mass is 10.0. The van der Waals surface area contributed by atoms with E-state index in [0.29, 0.717) is 5.69 Å². The molecule has 0 saturated heterocycles. The number of rotatable bonds is 4. The molecule has 0 radical (unpaired) electrons. The summed E-state index contributed by atoms with van der Waals surface area (Å²) in [6.45, 7) is 0. The van der Waals surface area contributed by atoms with Crippen LogP contribution in [0.25, 0.3) is 16.6 Å². The summed E-state index contributed by atoms with van der Waals surface area (Å²) in [5.74, 6) is -0.211. The number of pyridine rings is 1. The van der Waals surface area contributed by atoms with Crippen LogP contribution in [0.4, 0.5) is 5.69 Å². The fraction of sp³-hybridized carbons (Fsp3) is 0.0476. The molecule has 0 aliphatic heterocycles. The highest BCUT2D eigenvalue weighted by Crippen LogP contribution is 2.28. The average molecular weight is 359 g/mol. The number of amides is 1. The first-order valence-corrected chi connectivity index (χ1v) is 9.47. The Morgan fingerprint density at radius 3 is 2.50 bits per heavy atom. The van der Waals surface area contributed by atoms with Crippen molar-refractivity contribution in [3.8, 4) is 11.1 Å². The van der Waals surface area contributed by atoms with Crippen LogP contribution in [0.15, 0.2) is 84.1 Å². The zero-order valence-electron chi connectivity index (χ0n) is 14.2. The van der Waals surface area contributed by atoms with E-state index in [9.17, 15) is 4.79 Å². The molecule has 4 aromatic rings. The van der Waals surface area contributed by atoms with Gasteiger partial charge in [0.1, 0.15) is 0 Å². The van der Waals surface area contributed by atoms with Gasteiger partial charge in [-0.25, -0.2) is 4.98 Å². The van der Waals surface area contributed by atoms with Crippen molar-refractivity contribution in [3.05, 3.63) is 84.7 Å². The Balaban J connectivity index is 1.73. The minimum Gasteiger partial charge on any atom is -0.320 e. The molecule has 4 nitrogen and oxygen atoms in total. The molecular weight excluding hydrogens is 342 g/mol. The standard InChI is InChI=1S/C21H17N3OS/c1-26-21-23-19(18-13-7-8-14-24(18)21)20(25)22-17-12-6-5-11-16(17)15-9-3-2-4-10-15/h2-14H,1H3,(H,22,25). The van der Waals surface area contributed by atoms with Gasteiger partial charge in [-0.05, 0) is 30.0 Å². The Bertz CT molecular complexity index is 1070. The highest BCUT2D eigenvalue weighted by molar-refractivity contribution is 7.98. The lowest BCUT2D eigenvalue weighted by Gasteiger charge is -2.10. The van der Waals surface area contributed by atoms with Crippen LogP contribution in [0.5, 0.6) is 0 Å². The van der Waals surface area contributed by atoms with E-state index < -0.39 is 0 Å². The van der Waals surface area contributed by atoms with Crippen LogP contribution in [0.3, 0.4) is 0 Å². The Morgan fingerprint density at radius 1 is 0.962 bits per heavy atom. The second-order valence-corrected chi connectivity index (χ2v) is 6.54. The van der Waals surface area contributed by atoms with Crippen molar-refractivity contribution < 1.29 is 4.79 Å². The highest BCUT2D eigenvalue weighted by atomic mass is 32.2. The molecule has 1 N–H and O–H groups in total. The third-order valence-corrected chi connectivity index (χ3v) is 4.83. The molecule has 0 unspecified atom stereocenters. The van der Waals surface area contributed by atoms with E-state index in [2.05, 4.69) is 10.3 Å². The van der Waals surface area contributed by atoms with Crippen molar-refractivity contribution in [2.24, 2.45) is 0 Å². The van der Waals surface area contributed by atoms with Crippen LogP contribution in [0.1, 0.15) is 10.5 Å². The number of thioether (sulfide) groups is 1. The van der Waals surface area contributed by atoms with Crippen molar-refractivity contribution in [3.63, 3.8) is 0 Å². The monoisotopic (exact) mass is 359 g/mol. The molecule has 2 aromatic heterocycles. The fourth-order valence-corrected chi connectivity index (χ4v) is 3.50. The zero-order chi connectivity index (χ0) is 17.9. The number of anilines is 1. The van der Waals surface area contributed by atoms with Gasteiger partial charge in [-0.3, -0.25) is 9.20 Å². The van der Waals surface area contributed by atoms with Crippen LogP contribution in [0, 0.1) is 0 Å². The Kier molecular flexibility index (Phi) is 4.46. The second-order valence-electron chi connectivity index (χ2n) is 5.77. The second kappa shape index (κ2) is 7.06. The van der Waals surface area contributed by atoms with Gasteiger partial charge in [-0.15, -0.1) is 0 Å². The van der Waals surface area contributed by atoms with Gasteiger partial charge in [0.05, 0.1) is 5.52 Å². The quantitative estimate of drug-likeness (QED) is 0.523. The maximum absolute atomic E-state index is 12.9. The van der Waals surface area contributed by atoms with Gasteiger partial charge < -0.3 is 5.32 Å². The van der Waals surface area contributed by atoms with E-state index in [1.807, 2.05) is 89.6 Å². The lowest BCUT2D eigenvalue weighted by Crippen LogP contribution is -2.13. The van der Waals surface area contributed by atoms with Crippen molar-refractivity contribution >= 4 is 28.9 Å². The van der Waals surface area contributed by atoms with Gasteiger partial charge in [0.15, 0.2) is 10.9 Å². The molecule has 0 aliphatic rings. The van der Waals surface area contributed by atoms with E-state index in [1.54, 1.807) is 0 Å². The highest BCUT2D eigenvalue weighted by Gasteiger charge is 2.18. The molecule has 2 heterocycles. The van der Waals surface area contributed by atoms with Crippen LogP contribution in [0.2, 0.25) is 0 Å². The lowest BCUT2D eigenvalue weighted by molar-refractivity contribution is 0.102. The smallest absolute Gasteiger partial charge is 0.276 e. The van der Waals surface area contributed by atoms with Crippen molar-refractivity contribution in [2.45, 2.75) is 5.16 Å². The number of aromatic nitrogens is 2. The number of benzene rings is 2. The molecule has 1 amide bonds. The molecule has 128 valence electrons. The predicted octanol–water partition coefficient (Wildman–Crippen LogP) is 4.98. The van der Waals surface area contributed by atoms with Crippen molar-refractivity contribution in [1.82, 2.24) is 9.38 Å². The summed E-state index contributed by atoms with van der Waals surface area (Å²) >= 11 is 1.51. The maximum Gasteiger partial charge on any atom is 0.276 e. The van der Waals surface area contributed by atoms with E-state index in [-0.39, 0.29) is 5.91 Å². The van der Waals surface area contributed by atoms with Gasteiger partial charge in [0, 0.05) is 17.4 Å². The minimum absolute atomic E-state index is 0.211. The molecule has 0 bridgehead atoms. The van der Waals surface area contributed by atoms with Gasteiger partial charge in [-0.1, -0.05) is 66.4 Å². The summed E-state index contributed by atoms with van der Waals surface area (Å²) in [6.07, 6.45) is 3.87. The Labute approximate surface area is 155 Å². The number of nitrogens with zero attached hydrogens (tertiary/aromatic N) is 2. The van der Waals surface area contributed by atoms with Gasteiger partial charge in [0.2, 0.25) is 0 Å². The molecule has 26 heavy (non-hydrogen) atoms. The SMILES string of the molecule is CSc1nc(C(=O)Nc2ccccc2-c2ccccc2)c2ccccn12. The van der Waals surface area contributed by atoms with E-state index in [0.717, 1.165) is 27.5 Å². The summed E-state index contributed by atoms with van der Waals surface area (Å²) in [7, 11) is 0. The number of fused-ring (bicyclic) bond motifs is 1. The minimum atomic E-state index is -0.211. The molecular formula is C21H17N3OS. The fourth-order valence-electron chi connectivity index (χ4n) is 2.96. The van der Waals surface area contributed by atoms with Crippen molar-refractivity contribution in [2.75, 3.05) is 11.6 Å². The first kappa shape index (κ1) is 16.4. The summed E-state index contributed by atoms with van der Waals surface area (Å²) in [4.78, 5) is 17.5. The molecule has 0 spiro atoms. The largest absolute Gasteiger partial charge is 0.320 e. The zero-order valence-corrected chi connectivity index (χ0v) is 15.0. The first-order valence-electron chi connectivity index (χ1n) is 8.25. The van der Waals surface area contributed by atoms with E-state index >= 15 is 0 Å². The molecule has 4 rings (SSSR count). The first-order chi connectivity index (χ1) is 12.8. The molecule has 0 saturated carbocycles. The van der Waals surface area contributed by atoms with Crippen molar-refractivity contribution in [1.29, 1.82) is 0 Å². The molecule has 0 fully saturated rings. The van der Waals surface area contributed by atoms with Gasteiger partial charge >= 0.3 is 0 Å². The van der Waals surface area contributed by atoms with Gasteiger partial charge in [-0.2, -0.15) is 0 Å². The normalized spacial score (nSPS) is 10.8. The van der Waals surface area contributed by atoms with E-state index in [4.69, 9.17) is 0 Å². The number of hydrogen-bond acceptors (Lipinski definition) is 3. The summed E-state index contributed by atoms with van der Waals surface area (Å²) in [6, 6.07) is 23.6. The van der Waals surface area contributed by atoms with Crippen LogP contribution >= 0.6 is 11.8 Å². The predicted molar refractivity (Wildman–Crippen MR) is 107 cm³/mol. The van der Waals surface area contributed by atoms with Crippen LogP contribution in [-0.4, -0.2) is 21.5 Å². The van der Waals surface area contributed by atoms with Gasteiger partial charge in [0.25, 0.3) is 5.91 Å². The third-order valence-electron chi connectivity index (χ3n) is 4.17. The molecule has 0 aliphatic carbocycles. The number of carbonyl (C=O) groups excluding carboxylic acids is 1. The number of imidazole rings is 1. The number of nitrogens with one attached hydrogen (secondary N) is 1. The Hall–Kier alpha value is -3.05. The third kappa shape index (κ3) is 2.97.